The average molecular weight is 440 g/mol. The molecule has 0 atom stereocenters. The molecule has 0 aliphatic heterocycles. The molecule has 0 saturated heterocycles. The first-order chi connectivity index (χ1) is 16.1. The monoisotopic (exact) mass is 440 g/mol. The minimum Gasteiger partial charge on any atom is -0.493 e. The van der Waals surface area contributed by atoms with Crippen LogP contribution in [-0.4, -0.2) is 29.8 Å². The highest BCUT2D eigenvalue weighted by molar-refractivity contribution is 5.95. The number of aromatic nitrogens is 2. The Bertz CT molecular complexity index is 1320. The first-order valence-electron chi connectivity index (χ1n) is 10.5. The van der Waals surface area contributed by atoms with Gasteiger partial charge in [-0.25, -0.2) is 4.68 Å². The van der Waals surface area contributed by atoms with Gasteiger partial charge in [0.05, 0.1) is 19.9 Å². The third-order valence-corrected chi connectivity index (χ3v) is 5.35. The van der Waals surface area contributed by atoms with Crippen LogP contribution in [0.4, 0.5) is 0 Å². The third-order valence-electron chi connectivity index (χ3n) is 5.35. The second kappa shape index (κ2) is 9.96. The first-order valence-corrected chi connectivity index (χ1v) is 10.5. The van der Waals surface area contributed by atoms with Crippen molar-refractivity contribution < 1.29 is 14.3 Å². The van der Waals surface area contributed by atoms with Crippen molar-refractivity contribution in [3.63, 3.8) is 0 Å². The number of rotatable bonds is 8. The molecule has 6 heteroatoms. The topological polar surface area (TPSA) is 70.4 Å². The second-order valence-corrected chi connectivity index (χ2v) is 7.54. The Labute approximate surface area is 192 Å². The van der Waals surface area contributed by atoms with Gasteiger partial charge in [0, 0.05) is 23.1 Å². The van der Waals surface area contributed by atoms with Crippen LogP contribution < -0.4 is 15.0 Å². The van der Waals surface area contributed by atoms with Crippen LogP contribution in [0.2, 0.25) is 0 Å². The van der Waals surface area contributed by atoms with E-state index in [1.54, 1.807) is 44.6 Å². The highest BCUT2D eigenvalue weighted by atomic mass is 16.5. The fourth-order valence-electron chi connectivity index (χ4n) is 3.64. The van der Waals surface area contributed by atoms with Crippen molar-refractivity contribution >= 4 is 5.78 Å². The van der Waals surface area contributed by atoms with Gasteiger partial charge in [0.2, 0.25) is 0 Å². The summed E-state index contributed by atoms with van der Waals surface area (Å²) in [7, 11) is 3.15. The number of ether oxygens (including phenoxy) is 2. The minimum absolute atomic E-state index is 0.136. The molecule has 4 rings (SSSR count). The maximum absolute atomic E-state index is 13.3. The molecule has 0 spiro atoms. The lowest BCUT2D eigenvalue weighted by Crippen LogP contribution is -2.30. The van der Waals surface area contributed by atoms with E-state index in [9.17, 15) is 9.59 Å². The van der Waals surface area contributed by atoms with Crippen molar-refractivity contribution in [1.29, 1.82) is 0 Å². The number of ketones is 1. The molecular formula is C27H24N2O4. The lowest BCUT2D eigenvalue weighted by Gasteiger charge is -2.12. The number of hydrogen-bond donors (Lipinski definition) is 0. The molecule has 0 fully saturated rings. The molecular weight excluding hydrogens is 416 g/mol. The molecule has 0 aliphatic carbocycles. The van der Waals surface area contributed by atoms with Crippen molar-refractivity contribution in [2.24, 2.45) is 0 Å². The zero-order valence-electron chi connectivity index (χ0n) is 18.5. The van der Waals surface area contributed by atoms with Gasteiger partial charge in [-0.05, 0) is 23.8 Å². The Balaban J connectivity index is 1.75. The van der Waals surface area contributed by atoms with Crippen molar-refractivity contribution in [2.75, 3.05) is 14.2 Å². The lowest BCUT2D eigenvalue weighted by atomic mass is 10.0. The van der Waals surface area contributed by atoms with E-state index in [-0.39, 0.29) is 17.9 Å². The standard InChI is InChI=1S/C27H24N2O4/c1-32-25-14-13-19(16-26(25)33-2)15-22-17-23(20-9-5-3-6-10-20)28-29(27(22)31)18-24(30)21-11-7-4-8-12-21/h3-14,16-17H,15,18H2,1-2H3. The Morgan fingerprint density at radius 2 is 1.52 bits per heavy atom. The Morgan fingerprint density at radius 3 is 2.18 bits per heavy atom. The van der Waals surface area contributed by atoms with E-state index in [4.69, 9.17) is 9.47 Å². The number of nitrogens with zero attached hydrogens (tertiary/aromatic N) is 2. The summed E-state index contributed by atoms with van der Waals surface area (Å²) in [6.07, 6.45) is 0.362. The number of carbonyl (C=O) groups is 1. The average Bonchev–Trinajstić information content (AvgIpc) is 2.87. The van der Waals surface area contributed by atoms with Gasteiger partial charge >= 0.3 is 0 Å². The van der Waals surface area contributed by atoms with Crippen LogP contribution >= 0.6 is 0 Å². The fourth-order valence-corrected chi connectivity index (χ4v) is 3.64. The predicted octanol–water partition coefficient (Wildman–Crippen LogP) is 4.40. The van der Waals surface area contributed by atoms with Crippen LogP contribution in [0.15, 0.2) is 89.7 Å². The van der Waals surface area contributed by atoms with E-state index in [1.807, 2.05) is 54.6 Å². The molecule has 0 N–H and O–H groups in total. The van der Waals surface area contributed by atoms with Gasteiger partial charge in [0.1, 0.15) is 6.54 Å². The Kier molecular flexibility index (Phi) is 6.64. The molecule has 4 aromatic rings. The number of hydrogen-bond acceptors (Lipinski definition) is 5. The Hall–Kier alpha value is -4.19. The summed E-state index contributed by atoms with van der Waals surface area (Å²) in [5.74, 6) is 1.03. The first kappa shape index (κ1) is 22.0. The lowest BCUT2D eigenvalue weighted by molar-refractivity contribution is 0.0965. The zero-order valence-corrected chi connectivity index (χ0v) is 18.5. The van der Waals surface area contributed by atoms with E-state index < -0.39 is 0 Å². The summed E-state index contributed by atoms with van der Waals surface area (Å²) in [4.78, 5) is 26.1. The molecule has 0 unspecified atom stereocenters. The molecule has 1 aromatic heterocycles. The number of benzene rings is 3. The smallest absolute Gasteiger partial charge is 0.270 e. The van der Waals surface area contributed by atoms with Gasteiger partial charge < -0.3 is 9.47 Å². The summed E-state index contributed by atoms with van der Waals surface area (Å²) in [6.45, 7) is -0.136. The van der Waals surface area contributed by atoms with E-state index in [2.05, 4.69) is 5.10 Å². The maximum atomic E-state index is 13.3. The molecule has 0 aliphatic rings. The predicted molar refractivity (Wildman–Crippen MR) is 127 cm³/mol. The van der Waals surface area contributed by atoms with Gasteiger partial charge in [0.25, 0.3) is 5.56 Å². The van der Waals surface area contributed by atoms with E-state index >= 15 is 0 Å². The van der Waals surface area contributed by atoms with Gasteiger partial charge in [-0.1, -0.05) is 66.7 Å². The molecule has 166 valence electrons. The number of methoxy groups -OCH3 is 2. The number of Topliss-reactive ketones (excluding diaryl/α,β-unsaturated/α-hetero) is 1. The van der Waals surface area contributed by atoms with Gasteiger partial charge in [0.15, 0.2) is 17.3 Å². The molecule has 3 aromatic carbocycles. The zero-order chi connectivity index (χ0) is 23.2. The Morgan fingerprint density at radius 1 is 0.848 bits per heavy atom. The van der Waals surface area contributed by atoms with Crippen molar-refractivity contribution in [2.45, 2.75) is 13.0 Å². The summed E-state index contributed by atoms with van der Waals surface area (Å²) >= 11 is 0. The molecule has 33 heavy (non-hydrogen) atoms. The molecule has 0 saturated carbocycles. The highest BCUT2D eigenvalue weighted by Crippen LogP contribution is 2.28. The van der Waals surface area contributed by atoms with E-state index in [1.165, 1.54) is 4.68 Å². The largest absolute Gasteiger partial charge is 0.493 e. The van der Waals surface area contributed by atoms with Crippen molar-refractivity contribution in [1.82, 2.24) is 9.78 Å². The van der Waals surface area contributed by atoms with E-state index in [0.717, 1.165) is 11.1 Å². The van der Waals surface area contributed by atoms with Crippen LogP contribution in [-0.2, 0) is 13.0 Å². The summed E-state index contributed by atoms with van der Waals surface area (Å²) in [5, 5.41) is 4.51. The van der Waals surface area contributed by atoms with Gasteiger partial charge in [-0.15, -0.1) is 0 Å². The van der Waals surface area contributed by atoms with Gasteiger partial charge in [-0.3, -0.25) is 9.59 Å². The van der Waals surface area contributed by atoms with Crippen molar-refractivity contribution in [3.05, 3.63) is 112 Å². The molecule has 6 nitrogen and oxygen atoms in total. The quantitative estimate of drug-likeness (QED) is 0.380. The van der Waals surface area contributed by atoms with Gasteiger partial charge in [-0.2, -0.15) is 5.10 Å². The summed E-state index contributed by atoms with van der Waals surface area (Å²) in [6, 6.07) is 25.8. The molecule has 1 heterocycles. The minimum atomic E-state index is -0.297. The molecule has 0 amide bonds. The van der Waals surface area contributed by atoms with Crippen LogP contribution in [0.5, 0.6) is 11.5 Å². The fraction of sp³-hybridized carbons (Fsp3) is 0.148. The summed E-state index contributed by atoms with van der Waals surface area (Å²) in [5.41, 5.74) is 3.16. The van der Waals surface area contributed by atoms with Crippen molar-refractivity contribution in [3.8, 4) is 22.8 Å². The molecule has 0 radical (unpaired) electrons. The van der Waals surface area contributed by atoms with Crippen LogP contribution in [0, 0.1) is 0 Å². The van der Waals surface area contributed by atoms with Crippen LogP contribution in [0.1, 0.15) is 21.5 Å². The molecule has 0 bridgehead atoms. The maximum Gasteiger partial charge on any atom is 0.270 e. The van der Waals surface area contributed by atoms with Crippen LogP contribution in [0.25, 0.3) is 11.3 Å². The second-order valence-electron chi connectivity index (χ2n) is 7.54. The SMILES string of the molecule is COc1ccc(Cc2cc(-c3ccccc3)nn(CC(=O)c3ccccc3)c2=O)cc1OC. The highest BCUT2D eigenvalue weighted by Gasteiger charge is 2.15. The van der Waals surface area contributed by atoms with E-state index in [0.29, 0.717) is 34.7 Å². The van der Waals surface area contributed by atoms with Crippen LogP contribution in [0.3, 0.4) is 0 Å². The third kappa shape index (κ3) is 5.01. The summed E-state index contributed by atoms with van der Waals surface area (Å²) < 4.78 is 12.0. The normalized spacial score (nSPS) is 10.6. The number of carbonyl (C=O) groups excluding carboxylic acids is 1.